The minimum absolute atomic E-state index is 0.0659. The lowest BCUT2D eigenvalue weighted by Crippen LogP contribution is -2.30. The molecule has 486 valence electrons. The number of carbonyl (C=O) groups excluding carboxylic acids is 3. The molecule has 0 heterocycles. The highest BCUT2D eigenvalue weighted by molar-refractivity contribution is 5.71. The van der Waals surface area contributed by atoms with Crippen molar-refractivity contribution in [2.45, 2.75) is 412 Å². The van der Waals surface area contributed by atoms with Gasteiger partial charge >= 0.3 is 17.9 Å². The predicted molar refractivity (Wildman–Crippen MR) is 362 cm³/mol. The van der Waals surface area contributed by atoms with E-state index >= 15 is 0 Å². The van der Waals surface area contributed by atoms with Gasteiger partial charge in [-0.05, 0) is 57.8 Å². The van der Waals surface area contributed by atoms with Gasteiger partial charge in [-0.2, -0.15) is 0 Å². The van der Waals surface area contributed by atoms with Crippen molar-refractivity contribution in [1.82, 2.24) is 0 Å². The number of unbranched alkanes of at least 4 members (excludes halogenated alkanes) is 50. The van der Waals surface area contributed by atoms with Crippen molar-refractivity contribution in [2.75, 3.05) is 13.2 Å². The minimum atomic E-state index is -0.770. The molecular formula is C77H142O6. The quantitative estimate of drug-likeness (QED) is 0.0261. The van der Waals surface area contributed by atoms with Crippen molar-refractivity contribution < 1.29 is 28.6 Å². The van der Waals surface area contributed by atoms with E-state index in [9.17, 15) is 14.4 Å². The van der Waals surface area contributed by atoms with Crippen molar-refractivity contribution >= 4 is 17.9 Å². The fourth-order valence-corrected chi connectivity index (χ4v) is 11.3. The number of carbonyl (C=O) groups is 3. The summed E-state index contributed by atoms with van der Waals surface area (Å²) in [4.78, 5) is 38.5. The van der Waals surface area contributed by atoms with Crippen molar-refractivity contribution in [3.05, 3.63) is 48.6 Å². The first-order valence-corrected chi connectivity index (χ1v) is 37.1. The molecule has 1 atom stereocenters. The number of hydrogen-bond donors (Lipinski definition) is 0. The van der Waals surface area contributed by atoms with Crippen LogP contribution in [0.25, 0.3) is 0 Å². The standard InChI is InChI=1S/C77H142O6/c1-4-7-10-13-16-19-22-25-27-29-31-33-35-37-38-40-41-43-45-47-49-52-55-58-61-64-67-70-76(79)82-73-74(72-81-75(78)69-66-63-60-57-54-51-24-21-18-15-12-9-6-3)83-77(80)71-68-65-62-59-56-53-50-48-46-44-42-39-36-34-32-30-28-26-23-20-17-14-11-8-5-2/h7,10,16,19,25,27,31,33,74H,4-6,8-9,11-15,17-18,20-24,26,28-30,32,34-73H2,1-3H3/b10-7-,19-16-,27-25-,33-31-. The van der Waals surface area contributed by atoms with E-state index in [0.717, 1.165) is 83.5 Å². The van der Waals surface area contributed by atoms with Gasteiger partial charge in [0.25, 0.3) is 0 Å². The van der Waals surface area contributed by atoms with Gasteiger partial charge in [0.2, 0.25) is 0 Å². The average Bonchev–Trinajstić information content (AvgIpc) is 3.49. The van der Waals surface area contributed by atoms with Crippen LogP contribution in [-0.2, 0) is 28.6 Å². The maximum atomic E-state index is 13.0. The van der Waals surface area contributed by atoms with Crippen LogP contribution in [0.2, 0.25) is 0 Å². The summed E-state index contributed by atoms with van der Waals surface area (Å²) >= 11 is 0. The molecule has 1 unspecified atom stereocenters. The Balaban J connectivity index is 4.20. The molecule has 0 aliphatic rings. The molecule has 0 saturated heterocycles. The van der Waals surface area contributed by atoms with Gasteiger partial charge in [0, 0.05) is 19.3 Å². The van der Waals surface area contributed by atoms with E-state index in [0.29, 0.717) is 19.3 Å². The second kappa shape index (κ2) is 71.8. The molecule has 0 aliphatic heterocycles. The molecule has 0 bridgehead atoms. The summed E-state index contributed by atoms with van der Waals surface area (Å²) in [7, 11) is 0. The van der Waals surface area contributed by atoms with Gasteiger partial charge in [0.15, 0.2) is 6.10 Å². The fraction of sp³-hybridized carbons (Fsp3) is 0.857. The molecule has 0 N–H and O–H groups in total. The van der Waals surface area contributed by atoms with Gasteiger partial charge in [0.05, 0.1) is 0 Å². The zero-order valence-electron chi connectivity index (χ0n) is 56.0. The summed E-state index contributed by atoms with van der Waals surface area (Å²) in [6.07, 6.45) is 91.5. The van der Waals surface area contributed by atoms with E-state index in [1.54, 1.807) is 0 Å². The lowest BCUT2D eigenvalue weighted by Gasteiger charge is -2.18. The van der Waals surface area contributed by atoms with Crippen LogP contribution in [0.4, 0.5) is 0 Å². The largest absolute Gasteiger partial charge is 0.462 e. The summed E-state index contributed by atoms with van der Waals surface area (Å²) in [5.74, 6) is -0.834. The summed E-state index contributed by atoms with van der Waals surface area (Å²) in [5.41, 5.74) is 0. The third-order valence-electron chi connectivity index (χ3n) is 16.8. The number of esters is 3. The molecule has 83 heavy (non-hydrogen) atoms. The molecule has 0 spiro atoms. The van der Waals surface area contributed by atoms with Crippen molar-refractivity contribution in [1.29, 1.82) is 0 Å². The predicted octanol–water partition coefficient (Wildman–Crippen LogP) is 25.7. The third kappa shape index (κ3) is 70.0. The Morgan fingerprint density at radius 3 is 0.735 bits per heavy atom. The highest BCUT2D eigenvalue weighted by atomic mass is 16.6. The van der Waals surface area contributed by atoms with Crippen LogP contribution in [0.3, 0.4) is 0 Å². The molecule has 0 aromatic heterocycles. The van der Waals surface area contributed by atoms with Gasteiger partial charge in [0.1, 0.15) is 13.2 Å². The van der Waals surface area contributed by atoms with E-state index in [1.807, 2.05) is 0 Å². The molecule has 0 amide bonds. The number of allylic oxidation sites excluding steroid dienone is 8. The lowest BCUT2D eigenvalue weighted by molar-refractivity contribution is -0.167. The normalized spacial score (nSPS) is 12.3. The molecule has 0 rings (SSSR count). The summed E-state index contributed by atoms with van der Waals surface area (Å²) in [6, 6.07) is 0. The first-order valence-electron chi connectivity index (χ1n) is 37.1. The van der Waals surface area contributed by atoms with Crippen LogP contribution in [0.5, 0.6) is 0 Å². The minimum Gasteiger partial charge on any atom is -0.462 e. The molecule has 0 radical (unpaired) electrons. The van der Waals surface area contributed by atoms with E-state index in [4.69, 9.17) is 14.2 Å². The Labute approximate surface area is 518 Å². The maximum Gasteiger partial charge on any atom is 0.306 e. The van der Waals surface area contributed by atoms with Crippen LogP contribution in [0.1, 0.15) is 406 Å². The molecule has 0 saturated carbocycles. The Kier molecular flexibility index (Phi) is 69.6. The van der Waals surface area contributed by atoms with Crippen LogP contribution in [0.15, 0.2) is 48.6 Å². The van der Waals surface area contributed by atoms with Crippen molar-refractivity contribution in [3.63, 3.8) is 0 Å². The molecule has 6 nitrogen and oxygen atoms in total. The average molecular weight is 1160 g/mol. The van der Waals surface area contributed by atoms with Crippen LogP contribution in [-0.4, -0.2) is 37.2 Å². The van der Waals surface area contributed by atoms with E-state index in [-0.39, 0.29) is 31.1 Å². The topological polar surface area (TPSA) is 78.9 Å². The van der Waals surface area contributed by atoms with Crippen molar-refractivity contribution in [2.24, 2.45) is 0 Å². The molecule has 0 aromatic carbocycles. The summed E-state index contributed by atoms with van der Waals surface area (Å²) in [5, 5.41) is 0. The number of rotatable bonds is 69. The monoisotopic (exact) mass is 1160 g/mol. The maximum absolute atomic E-state index is 13.0. The zero-order chi connectivity index (χ0) is 59.9. The van der Waals surface area contributed by atoms with Crippen LogP contribution < -0.4 is 0 Å². The first-order chi connectivity index (χ1) is 41.0. The molecule has 0 fully saturated rings. The highest BCUT2D eigenvalue weighted by Gasteiger charge is 2.20. The van der Waals surface area contributed by atoms with Gasteiger partial charge in [-0.1, -0.05) is 378 Å². The number of hydrogen-bond acceptors (Lipinski definition) is 6. The molecule has 0 aromatic rings. The second-order valence-electron chi connectivity index (χ2n) is 25.2. The molecule has 6 heteroatoms. The van der Waals surface area contributed by atoms with E-state index in [2.05, 4.69) is 69.4 Å². The highest BCUT2D eigenvalue weighted by Crippen LogP contribution is 2.19. The molecule has 0 aliphatic carbocycles. The Bertz CT molecular complexity index is 1430. The molecular weight excluding hydrogens is 1020 g/mol. The van der Waals surface area contributed by atoms with Crippen LogP contribution in [0, 0.1) is 0 Å². The van der Waals surface area contributed by atoms with Gasteiger partial charge < -0.3 is 14.2 Å². The Morgan fingerprint density at radius 2 is 0.470 bits per heavy atom. The SMILES string of the molecule is CC/C=C\C/C=C\C/C=C\C/C=C\CCCCCCCCCCCCCCCCC(=O)OCC(COC(=O)CCCCCCCCCCCCCCC)OC(=O)CCCCCCCCCCCCCCCCCCCCCCCCCCC. The first kappa shape index (κ1) is 80.4. The van der Waals surface area contributed by atoms with Crippen LogP contribution >= 0.6 is 0 Å². The number of ether oxygens (including phenoxy) is 3. The van der Waals surface area contributed by atoms with Gasteiger partial charge in [-0.25, -0.2) is 0 Å². The van der Waals surface area contributed by atoms with E-state index < -0.39 is 6.10 Å². The Morgan fingerprint density at radius 1 is 0.253 bits per heavy atom. The van der Waals surface area contributed by atoms with Gasteiger partial charge in [-0.15, -0.1) is 0 Å². The third-order valence-corrected chi connectivity index (χ3v) is 16.8. The summed E-state index contributed by atoms with van der Waals surface area (Å²) in [6.45, 7) is 6.61. The van der Waals surface area contributed by atoms with Crippen molar-refractivity contribution in [3.8, 4) is 0 Å². The lowest BCUT2D eigenvalue weighted by atomic mass is 10.0. The zero-order valence-corrected chi connectivity index (χ0v) is 56.0. The van der Waals surface area contributed by atoms with Gasteiger partial charge in [-0.3, -0.25) is 14.4 Å². The smallest absolute Gasteiger partial charge is 0.306 e. The van der Waals surface area contributed by atoms with E-state index in [1.165, 1.54) is 283 Å². The second-order valence-corrected chi connectivity index (χ2v) is 25.2. The fourth-order valence-electron chi connectivity index (χ4n) is 11.3. The Hall–Kier alpha value is -2.63. The summed E-state index contributed by atoms with van der Waals surface area (Å²) < 4.78 is 17.0.